The molecule has 0 aliphatic carbocycles. The minimum atomic E-state index is -4.18. The monoisotopic (exact) mass is 297 g/mol. The summed E-state index contributed by atoms with van der Waals surface area (Å²) in [5.74, 6) is -0.495. The van der Waals surface area contributed by atoms with Crippen molar-refractivity contribution in [2.24, 2.45) is 0 Å². The van der Waals surface area contributed by atoms with Gasteiger partial charge in [-0.1, -0.05) is 24.6 Å². The first-order chi connectivity index (χ1) is 8.85. The number of halogens is 5. The first-order valence-corrected chi connectivity index (χ1v) is 6.47. The standard InChI is InChI=1S/C13H16ClF4N/c1-2-19-11(7-4-8-13(16,17)18)12-9(14)5-3-6-10(12)15/h3,5-6,11,19H,2,4,7-8H2,1H3. The molecule has 0 aromatic heterocycles. The molecule has 1 unspecified atom stereocenters. The van der Waals surface area contributed by atoms with Crippen LogP contribution >= 0.6 is 11.6 Å². The van der Waals surface area contributed by atoms with Crippen molar-refractivity contribution in [1.29, 1.82) is 0 Å². The molecule has 1 N–H and O–H groups in total. The van der Waals surface area contributed by atoms with Crippen LogP contribution < -0.4 is 5.32 Å². The molecule has 1 aromatic carbocycles. The smallest absolute Gasteiger partial charge is 0.310 e. The van der Waals surface area contributed by atoms with Crippen LogP contribution in [0, 0.1) is 5.82 Å². The van der Waals surface area contributed by atoms with Gasteiger partial charge in [0.25, 0.3) is 0 Å². The number of alkyl halides is 3. The van der Waals surface area contributed by atoms with E-state index in [1.54, 1.807) is 0 Å². The molecule has 1 atom stereocenters. The van der Waals surface area contributed by atoms with Crippen molar-refractivity contribution in [3.05, 3.63) is 34.6 Å². The highest BCUT2D eigenvalue weighted by atomic mass is 35.5. The summed E-state index contributed by atoms with van der Waals surface area (Å²) >= 11 is 5.93. The van der Waals surface area contributed by atoms with E-state index in [4.69, 9.17) is 11.6 Å². The van der Waals surface area contributed by atoms with Crippen LogP contribution in [0.15, 0.2) is 18.2 Å². The molecule has 0 saturated carbocycles. The lowest BCUT2D eigenvalue weighted by atomic mass is 10.00. The molecular weight excluding hydrogens is 282 g/mol. The van der Waals surface area contributed by atoms with Gasteiger partial charge in [-0.2, -0.15) is 13.2 Å². The molecule has 0 aliphatic heterocycles. The number of hydrogen-bond donors (Lipinski definition) is 1. The molecule has 0 spiro atoms. The van der Waals surface area contributed by atoms with Gasteiger partial charge >= 0.3 is 6.18 Å². The van der Waals surface area contributed by atoms with E-state index >= 15 is 0 Å². The number of hydrogen-bond acceptors (Lipinski definition) is 1. The number of benzene rings is 1. The molecule has 0 radical (unpaired) electrons. The third kappa shape index (κ3) is 5.37. The van der Waals surface area contributed by atoms with E-state index in [2.05, 4.69) is 5.32 Å². The number of nitrogens with one attached hydrogen (secondary N) is 1. The highest BCUT2D eigenvalue weighted by molar-refractivity contribution is 6.31. The summed E-state index contributed by atoms with van der Waals surface area (Å²) in [6.07, 6.45) is -4.93. The van der Waals surface area contributed by atoms with Crippen molar-refractivity contribution in [1.82, 2.24) is 5.32 Å². The van der Waals surface area contributed by atoms with E-state index in [1.165, 1.54) is 18.2 Å². The second-order valence-electron chi connectivity index (χ2n) is 4.25. The maximum atomic E-state index is 13.7. The van der Waals surface area contributed by atoms with Crippen LogP contribution in [0.5, 0.6) is 0 Å². The molecule has 0 amide bonds. The minimum Gasteiger partial charge on any atom is -0.310 e. The van der Waals surface area contributed by atoms with Gasteiger partial charge in [0.15, 0.2) is 0 Å². The van der Waals surface area contributed by atoms with Crippen LogP contribution in [0.2, 0.25) is 5.02 Å². The third-order valence-electron chi connectivity index (χ3n) is 2.75. The van der Waals surface area contributed by atoms with Crippen LogP contribution in [-0.4, -0.2) is 12.7 Å². The van der Waals surface area contributed by atoms with Crippen molar-refractivity contribution in [2.75, 3.05) is 6.54 Å². The maximum Gasteiger partial charge on any atom is 0.389 e. The maximum absolute atomic E-state index is 13.7. The zero-order valence-corrected chi connectivity index (χ0v) is 11.3. The van der Waals surface area contributed by atoms with Gasteiger partial charge in [-0.05, 0) is 31.5 Å². The van der Waals surface area contributed by atoms with Crippen molar-refractivity contribution >= 4 is 11.6 Å². The fourth-order valence-electron chi connectivity index (χ4n) is 1.95. The Balaban J connectivity index is 2.77. The molecule has 1 aromatic rings. The van der Waals surface area contributed by atoms with Crippen molar-refractivity contribution in [3.63, 3.8) is 0 Å². The Morgan fingerprint density at radius 3 is 2.53 bits per heavy atom. The number of rotatable bonds is 6. The Hall–Kier alpha value is -0.810. The van der Waals surface area contributed by atoms with Gasteiger partial charge in [0.2, 0.25) is 0 Å². The molecule has 1 nitrogen and oxygen atoms in total. The van der Waals surface area contributed by atoms with E-state index in [1.807, 2.05) is 6.92 Å². The zero-order chi connectivity index (χ0) is 14.5. The van der Waals surface area contributed by atoms with Crippen molar-refractivity contribution in [3.8, 4) is 0 Å². The molecule has 1 rings (SSSR count). The Bertz CT molecular complexity index is 386. The summed E-state index contributed by atoms with van der Waals surface area (Å²) in [6.45, 7) is 2.34. The summed E-state index contributed by atoms with van der Waals surface area (Å²) in [4.78, 5) is 0. The van der Waals surface area contributed by atoms with Gasteiger partial charge in [-0.25, -0.2) is 4.39 Å². The fraction of sp³-hybridized carbons (Fsp3) is 0.538. The van der Waals surface area contributed by atoms with Gasteiger partial charge in [-0.3, -0.25) is 0 Å². The van der Waals surface area contributed by atoms with Crippen molar-refractivity contribution < 1.29 is 17.6 Å². The molecule has 0 heterocycles. The predicted octanol–water partition coefficient (Wildman–Crippen LogP) is 4.86. The van der Waals surface area contributed by atoms with Crippen LogP contribution in [-0.2, 0) is 0 Å². The summed E-state index contributed by atoms with van der Waals surface area (Å²) in [5, 5.41) is 3.21. The molecule has 0 fully saturated rings. The SMILES string of the molecule is CCNC(CCCC(F)(F)F)c1c(F)cccc1Cl. The average Bonchev–Trinajstić information content (AvgIpc) is 2.27. The summed E-state index contributed by atoms with van der Waals surface area (Å²) in [7, 11) is 0. The quantitative estimate of drug-likeness (QED) is 0.739. The lowest BCUT2D eigenvalue weighted by Gasteiger charge is -2.20. The van der Waals surface area contributed by atoms with Crippen LogP contribution in [0.3, 0.4) is 0 Å². The molecule has 0 saturated heterocycles. The average molecular weight is 298 g/mol. The van der Waals surface area contributed by atoms with E-state index in [-0.39, 0.29) is 23.4 Å². The van der Waals surface area contributed by atoms with Gasteiger partial charge < -0.3 is 5.32 Å². The Morgan fingerprint density at radius 2 is 2.00 bits per heavy atom. The molecule has 19 heavy (non-hydrogen) atoms. The summed E-state index contributed by atoms with van der Waals surface area (Å²) in [5.41, 5.74) is 0.244. The summed E-state index contributed by atoms with van der Waals surface area (Å²) in [6, 6.07) is 3.77. The second kappa shape index (κ2) is 7.10. The van der Waals surface area contributed by atoms with Crippen LogP contribution in [0.4, 0.5) is 17.6 Å². The van der Waals surface area contributed by atoms with E-state index in [0.29, 0.717) is 6.54 Å². The Morgan fingerprint density at radius 1 is 1.32 bits per heavy atom. The van der Waals surface area contributed by atoms with Gasteiger partial charge in [0, 0.05) is 23.0 Å². The summed E-state index contributed by atoms with van der Waals surface area (Å²) < 4.78 is 50.1. The zero-order valence-electron chi connectivity index (χ0n) is 10.5. The second-order valence-corrected chi connectivity index (χ2v) is 4.66. The van der Waals surface area contributed by atoms with Gasteiger partial charge in [0.1, 0.15) is 5.82 Å². The van der Waals surface area contributed by atoms with Crippen LogP contribution in [0.25, 0.3) is 0 Å². The molecule has 6 heteroatoms. The topological polar surface area (TPSA) is 12.0 Å². The highest BCUT2D eigenvalue weighted by Gasteiger charge is 2.27. The lowest BCUT2D eigenvalue weighted by Crippen LogP contribution is -2.23. The fourth-order valence-corrected chi connectivity index (χ4v) is 2.24. The van der Waals surface area contributed by atoms with E-state index in [9.17, 15) is 17.6 Å². The first-order valence-electron chi connectivity index (χ1n) is 6.09. The minimum absolute atomic E-state index is 0.0637. The normalized spacial score (nSPS) is 13.6. The molecular formula is C13H16ClF4N. The predicted molar refractivity (Wildman–Crippen MR) is 67.7 cm³/mol. The lowest BCUT2D eigenvalue weighted by molar-refractivity contribution is -0.135. The van der Waals surface area contributed by atoms with Gasteiger partial charge in [-0.15, -0.1) is 0 Å². The first kappa shape index (κ1) is 16.2. The van der Waals surface area contributed by atoms with Crippen LogP contribution in [0.1, 0.15) is 37.8 Å². The molecule has 108 valence electrons. The van der Waals surface area contributed by atoms with Gasteiger partial charge in [0.05, 0.1) is 0 Å². The Labute approximate surface area is 115 Å². The highest BCUT2D eigenvalue weighted by Crippen LogP contribution is 2.31. The molecule has 0 bridgehead atoms. The largest absolute Gasteiger partial charge is 0.389 e. The van der Waals surface area contributed by atoms with E-state index in [0.717, 1.165) is 0 Å². The Kier molecular flexibility index (Phi) is 6.07. The van der Waals surface area contributed by atoms with E-state index < -0.39 is 24.5 Å². The van der Waals surface area contributed by atoms with Crippen molar-refractivity contribution in [2.45, 2.75) is 38.4 Å². The molecule has 0 aliphatic rings. The third-order valence-corrected chi connectivity index (χ3v) is 3.08.